The van der Waals surface area contributed by atoms with Crippen LogP contribution in [0.4, 0.5) is 0 Å². The normalized spacial score (nSPS) is 24.4. The Morgan fingerprint density at radius 2 is 2.16 bits per heavy atom. The average molecular weight is 263 g/mol. The molecule has 0 radical (unpaired) electrons. The number of fused-ring (bicyclic) bond motifs is 1. The van der Waals surface area contributed by atoms with Gasteiger partial charge in [-0.15, -0.1) is 10.2 Å². The Balaban J connectivity index is 1.63. The van der Waals surface area contributed by atoms with Crippen LogP contribution in [0.25, 0.3) is 0 Å². The third kappa shape index (κ3) is 2.98. The average Bonchev–Trinajstić information content (AvgIpc) is 2.83. The van der Waals surface area contributed by atoms with Crippen molar-refractivity contribution in [2.24, 2.45) is 5.92 Å². The largest absolute Gasteiger partial charge is 0.319 e. The molecular weight excluding hydrogens is 238 g/mol. The second kappa shape index (κ2) is 6.01. The third-order valence-electron chi connectivity index (χ3n) is 4.40. The van der Waals surface area contributed by atoms with Gasteiger partial charge in [0, 0.05) is 19.5 Å². The molecule has 0 saturated carbocycles. The van der Waals surface area contributed by atoms with Crippen molar-refractivity contribution in [3.8, 4) is 0 Å². The maximum atomic E-state index is 4.42. The molecule has 19 heavy (non-hydrogen) atoms. The van der Waals surface area contributed by atoms with Gasteiger partial charge in [0.25, 0.3) is 0 Å². The Hall–Kier alpha value is -0.940. The van der Waals surface area contributed by atoms with Crippen molar-refractivity contribution in [3.05, 3.63) is 11.6 Å². The van der Waals surface area contributed by atoms with E-state index in [1.807, 2.05) is 7.05 Å². The van der Waals surface area contributed by atoms with Crippen molar-refractivity contribution in [3.63, 3.8) is 0 Å². The van der Waals surface area contributed by atoms with Gasteiger partial charge in [0.05, 0.1) is 6.54 Å². The van der Waals surface area contributed by atoms with Crippen LogP contribution < -0.4 is 5.32 Å². The predicted molar refractivity (Wildman–Crippen MR) is 74.9 cm³/mol. The van der Waals surface area contributed by atoms with E-state index in [9.17, 15) is 0 Å². The molecule has 0 aromatic carbocycles. The summed E-state index contributed by atoms with van der Waals surface area (Å²) in [6.07, 6.45) is 6.32. The van der Waals surface area contributed by atoms with Gasteiger partial charge in [-0.3, -0.25) is 4.90 Å². The van der Waals surface area contributed by atoms with Crippen LogP contribution in [-0.2, 0) is 19.5 Å². The lowest BCUT2D eigenvalue weighted by Gasteiger charge is -2.32. The first kappa shape index (κ1) is 13.1. The molecule has 2 aliphatic rings. The maximum absolute atomic E-state index is 4.42. The van der Waals surface area contributed by atoms with E-state index < -0.39 is 0 Å². The summed E-state index contributed by atoms with van der Waals surface area (Å²) in [5.41, 5.74) is 0. The fraction of sp³-hybridized carbons (Fsp3) is 0.857. The van der Waals surface area contributed by atoms with E-state index in [1.54, 1.807) is 0 Å². The lowest BCUT2D eigenvalue weighted by molar-refractivity contribution is 0.161. The van der Waals surface area contributed by atoms with Gasteiger partial charge in [0.2, 0.25) is 0 Å². The zero-order chi connectivity index (χ0) is 13.1. The molecule has 1 atom stereocenters. The lowest BCUT2D eigenvalue weighted by atomic mass is 9.98. The van der Waals surface area contributed by atoms with Gasteiger partial charge in [-0.1, -0.05) is 0 Å². The molecule has 1 aromatic heterocycles. The summed E-state index contributed by atoms with van der Waals surface area (Å²) in [7, 11) is 2.05. The Morgan fingerprint density at radius 3 is 3.05 bits per heavy atom. The number of hydrogen-bond donors (Lipinski definition) is 1. The van der Waals surface area contributed by atoms with Gasteiger partial charge in [0.15, 0.2) is 0 Å². The number of nitrogens with one attached hydrogen (secondary N) is 1. The highest BCUT2D eigenvalue weighted by atomic mass is 15.3. The first-order valence-electron chi connectivity index (χ1n) is 7.64. The van der Waals surface area contributed by atoms with E-state index >= 15 is 0 Å². The lowest BCUT2D eigenvalue weighted by Crippen LogP contribution is -2.39. The number of nitrogens with zero attached hydrogens (tertiary/aromatic N) is 4. The quantitative estimate of drug-likeness (QED) is 0.882. The fourth-order valence-corrected chi connectivity index (χ4v) is 3.44. The van der Waals surface area contributed by atoms with Crippen molar-refractivity contribution in [2.45, 2.75) is 45.2 Å². The molecule has 3 heterocycles. The number of aryl methyl sites for hydroxylation is 1. The topological polar surface area (TPSA) is 46.0 Å². The highest BCUT2D eigenvalue weighted by molar-refractivity contribution is 4.99. The summed E-state index contributed by atoms with van der Waals surface area (Å²) >= 11 is 0. The van der Waals surface area contributed by atoms with Crippen LogP contribution in [-0.4, -0.2) is 46.3 Å². The number of aromatic nitrogens is 3. The van der Waals surface area contributed by atoms with Crippen LogP contribution in [0.2, 0.25) is 0 Å². The molecule has 0 bridgehead atoms. The van der Waals surface area contributed by atoms with Gasteiger partial charge < -0.3 is 9.88 Å². The molecule has 1 aromatic rings. The van der Waals surface area contributed by atoms with Crippen molar-refractivity contribution in [1.82, 2.24) is 25.0 Å². The standard InChI is InChI=1S/C14H25N5/c1-15-9-12-5-4-7-18(10-12)11-14-17-16-13-6-2-3-8-19(13)14/h12,15H,2-11H2,1H3. The molecule has 1 saturated heterocycles. The van der Waals surface area contributed by atoms with Gasteiger partial charge in [0.1, 0.15) is 11.6 Å². The van der Waals surface area contributed by atoms with Crippen LogP contribution in [0.15, 0.2) is 0 Å². The predicted octanol–water partition coefficient (Wildman–Crippen LogP) is 1.05. The summed E-state index contributed by atoms with van der Waals surface area (Å²) in [4.78, 5) is 2.55. The zero-order valence-electron chi connectivity index (χ0n) is 11.9. The summed E-state index contributed by atoms with van der Waals surface area (Å²) in [6, 6.07) is 0. The molecule has 106 valence electrons. The third-order valence-corrected chi connectivity index (χ3v) is 4.40. The molecule has 1 unspecified atom stereocenters. The molecule has 0 amide bonds. The van der Waals surface area contributed by atoms with Gasteiger partial charge >= 0.3 is 0 Å². The maximum Gasteiger partial charge on any atom is 0.147 e. The van der Waals surface area contributed by atoms with Crippen LogP contribution >= 0.6 is 0 Å². The van der Waals surface area contributed by atoms with E-state index in [2.05, 4.69) is 25.0 Å². The highest BCUT2D eigenvalue weighted by Gasteiger charge is 2.22. The first-order valence-corrected chi connectivity index (χ1v) is 7.64. The Labute approximate surface area is 115 Å². The van der Waals surface area contributed by atoms with Gasteiger partial charge in [-0.05, 0) is 51.7 Å². The number of piperidine rings is 1. The monoisotopic (exact) mass is 263 g/mol. The minimum absolute atomic E-state index is 0.794. The Bertz CT molecular complexity index is 412. The van der Waals surface area contributed by atoms with Crippen molar-refractivity contribution < 1.29 is 0 Å². The van der Waals surface area contributed by atoms with Crippen molar-refractivity contribution in [1.29, 1.82) is 0 Å². The van der Waals surface area contributed by atoms with E-state index in [4.69, 9.17) is 0 Å². The minimum Gasteiger partial charge on any atom is -0.319 e. The smallest absolute Gasteiger partial charge is 0.147 e. The highest BCUT2D eigenvalue weighted by Crippen LogP contribution is 2.19. The van der Waals surface area contributed by atoms with Crippen LogP contribution in [0.5, 0.6) is 0 Å². The van der Waals surface area contributed by atoms with E-state index in [0.717, 1.165) is 32.0 Å². The second-order valence-corrected chi connectivity index (χ2v) is 5.94. The van der Waals surface area contributed by atoms with Crippen LogP contribution in [0.1, 0.15) is 37.3 Å². The van der Waals surface area contributed by atoms with Crippen LogP contribution in [0.3, 0.4) is 0 Å². The molecule has 1 N–H and O–H groups in total. The second-order valence-electron chi connectivity index (χ2n) is 5.94. The van der Waals surface area contributed by atoms with Crippen molar-refractivity contribution in [2.75, 3.05) is 26.7 Å². The summed E-state index contributed by atoms with van der Waals surface area (Å²) < 4.78 is 2.35. The van der Waals surface area contributed by atoms with E-state index in [1.165, 1.54) is 50.4 Å². The van der Waals surface area contributed by atoms with Gasteiger partial charge in [-0.2, -0.15) is 0 Å². The van der Waals surface area contributed by atoms with Gasteiger partial charge in [-0.25, -0.2) is 0 Å². The molecule has 5 heteroatoms. The molecular formula is C14H25N5. The van der Waals surface area contributed by atoms with Crippen molar-refractivity contribution >= 4 is 0 Å². The molecule has 0 aliphatic carbocycles. The van der Waals surface area contributed by atoms with E-state index in [-0.39, 0.29) is 0 Å². The van der Waals surface area contributed by atoms with E-state index in [0.29, 0.717) is 0 Å². The molecule has 1 fully saturated rings. The molecule has 2 aliphatic heterocycles. The minimum atomic E-state index is 0.794. The zero-order valence-corrected chi connectivity index (χ0v) is 11.9. The number of rotatable bonds is 4. The molecule has 3 rings (SSSR count). The fourth-order valence-electron chi connectivity index (χ4n) is 3.44. The summed E-state index contributed by atoms with van der Waals surface area (Å²) in [5.74, 6) is 3.17. The van der Waals surface area contributed by atoms with Crippen LogP contribution in [0, 0.1) is 5.92 Å². The Kier molecular flexibility index (Phi) is 4.13. The SMILES string of the molecule is CNCC1CCCN(Cc2nnc3n2CCCC3)C1. The first-order chi connectivity index (χ1) is 9.36. The number of hydrogen-bond acceptors (Lipinski definition) is 4. The summed E-state index contributed by atoms with van der Waals surface area (Å²) in [6.45, 7) is 5.64. The molecule has 0 spiro atoms. The molecule has 5 nitrogen and oxygen atoms in total. The Morgan fingerprint density at radius 1 is 1.21 bits per heavy atom. The number of likely N-dealkylation sites (tertiary alicyclic amines) is 1. The summed E-state index contributed by atoms with van der Waals surface area (Å²) in [5, 5.41) is 12.1.